The van der Waals surface area contributed by atoms with Crippen molar-refractivity contribution in [2.24, 2.45) is 0 Å². The summed E-state index contributed by atoms with van der Waals surface area (Å²) >= 11 is 13.3. The zero-order valence-corrected chi connectivity index (χ0v) is 15.4. The van der Waals surface area contributed by atoms with Crippen LogP contribution in [0.1, 0.15) is 11.1 Å². The van der Waals surface area contributed by atoms with Crippen LogP contribution >= 0.6 is 34.5 Å². The van der Waals surface area contributed by atoms with Crippen molar-refractivity contribution in [1.29, 1.82) is 0 Å². The normalized spacial score (nSPS) is 12.2. The Balaban J connectivity index is 1.89. The second-order valence-corrected chi connectivity index (χ2v) is 7.42. The Morgan fingerprint density at radius 2 is 1.80 bits per heavy atom. The fourth-order valence-corrected chi connectivity index (χ4v) is 3.72. The summed E-state index contributed by atoms with van der Waals surface area (Å²) < 4.78 is 2.11. The zero-order valence-electron chi connectivity index (χ0n) is 13.0. The number of aryl methyl sites for hydroxylation is 1. The van der Waals surface area contributed by atoms with Crippen molar-refractivity contribution in [3.8, 4) is 11.4 Å². The van der Waals surface area contributed by atoms with Crippen LogP contribution in [-0.2, 0) is 0 Å². The van der Waals surface area contributed by atoms with Crippen LogP contribution in [0.15, 0.2) is 47.3 Å². The summed E-state index contributed by atoms with van der Waals surface area (Å²) in [5, 5.41) is 9.23. The molecular weight excluding hydrogens is 377 g/mol. The molecule has 0 amide bonds. The first-order chi connectivity index (χ1) is 12.0. The lowest BCUT2D eigenvalue weighted by molar-refractivity contribution is 1.09. The van der Waals surface area contributed by atoms with Crippen LogP contribution in [0, 0.1) is 6.92 Å². The lowest BCUT2D eigenvalue weighted by Gasteiger charge is -1.97. The largest absolute Gasteiger partial charge is 0.276 e. The van der Waals surface area contributed by atoms with Crippen molar-refractivity contribution in [2.75, 3.05) is 0 Å². The first kappa shape index (κ1) is 16.3. The molecule has 0 aliphatic carbocycles. The predicted octanol–water partition coefficient (Wildman–Crippen LogP) is 3.98. The number of halogens is 2. The molecule has 0 aliphatic rings. The lowest BCUT2D eigenvalue weighted by atomic mass is 10.1. The van der Waals surface area contributed by atoms with Crippen LogP contribution in [0.2, 0.25) is 10.0 Å². The molecule has 25 heavy (non-hydrogen) atoms. The monoisotopic (exact) mass is 387 g/mol. The van der Waals surface area contributed by atoms with Gasteiger partial charge in [0.15, 0.2) is 5.82 Å². The van der Waals surface area contributed by atoms with Crippen molar-refractivity contribution in [1.82, 2.24) is 14.6 Å². The van der Waals surface area contributed by atoms with Gasteiger partial charge in [0.2, 0.25) is 4.96 Å². The highest BCUT2D eigenvalue weighted by Crippen LogP contribution is 2.23. The number of hydrogen-bond acceptors (Lipinski definition) is 4. The van der Waals surface area contributed by atoms with Crippen molar-refractivity contribution in [3.05, 3.63) is 78.5 Å². The van der Waals surface area contributed by atoms with Gasteiger partial charge in [0, 0.05) is 5.56 Å². The SMILES string of the molecule is Cc1ccc(-c2nnc3sc(=Cc4ccc(Cl)c(Cl)c4)c(=O)n23)cc1. The van der Waals surface area contributed by atoms with E-state index in [9.17, 15) is 4.79 Å². The third kappa shape index (κ3) is 2.95. The van der Waals surface area contributed by atoms with E-state index in [1.165, 1.54) is 11.3 Å². The molecule has 0 spiro atoms. The maximum Gasteiger partial charge on any atom is 0.276 e. The van der Waals surface area contributed by atoms with E-state index < -0.39 is 0 Å². The number of benzene rings is 2. The van der Waals surface area contributed by atoms with Gasteiger partial charge in [-0.15, -0.1) is 10.2 Å². The van der Waals surface area contributed by atoms with E-state index in [2.05, 4.69) is 10.2 Å². The molecule has 0 aliphatic heterocycles. The molecule has 4 nitrogen and oxygen atoms in total. The van der Waals surface area contributed by atoms with Gasteiger partial charge in [0.05, 0.1) is 14.6 Å². The van der Waals surface area contributed by atoms with Gasteiger partial charge in [-0.2, -0.15) is 0 Å². The Bertz CT molecular complexity index is 1200. The van der Waals surface area contributed by atoms with Crippen molar-refractivity contribution in [3.63, 3.8) is 0 Å². The van der Waals surface area contributed by atoms with Gasteiger partial charge >= 0.3 is 0 Å². The van der Waals surface area contributed by atoms with E-state index in [0.717, 1.165) is 16.7 Å². The third-order valence-electron chi connectivity index (χ3n) is 3.80. The molecule has 0 unspecified atom stereocenters. The van der Waals surface area contributed by atoms with Gasteiger partial charge in [-0.3, -0.25) is 4.79 Å². The summed E-state index contributed by atoms with van der Waals surface area (Å²) in [7, 11) is 0. The Labute approximate surface area is 157 Å². The number of aromatic nitrogens is 3. The van der Waals surface area contributed by atoms with Crippen molar-refractivity contribution >= 4 is 45.6 Å². The van der Waals surface area contributed by atoms with E-state index in [1.54, 1.807) is 22.6 Å². The summed E-state index contributed by atoms with van der Waals surface area (Å²) in [4.78, 5) is 13.4. The minimum Gasteiger partial charge on any atom is -0.267 e. The molecule has 4 aromatic rings. The van der Waals surface area contributed by atoms with Crippen LogP contribution in [0.4, 0.5) is 0 Å². The average Bonchev–Trinajstić information content (AvgIpc) is 3.13. The number of rotatable bonds is 2. The van der Waals surface area contributed by atoms with Gasteiger partial charge in [0.25, 0.3) is 5.56 Å². The summed E-state index contributed by atoms with van der Waals surface area (Å²) in [5.74, 6) is 0.546. The lowest BCUT2D eigenvalue weighted by Crippen LogP contribution is -2.23. The van der Waals surface area contributed by atoms with Crippen LogP contribution in [0.3, 0.4) is 0 Å². The fourth-order valence-electron chi connectivity index (χ4n) is 2.51. The van der Waals surface area contributed by atoms with E-state index in [-0.39, 0.29) is 5.56 Å². The molecule has 0 saturated heterocycles. The molecule has 7 heteroatoms. The summed E-state index contributed by atoms with van der Waals surface area (Å²) in [6.45, 7) is 2.01. The minimum absolute atomic E-state index is 0.147. The van der Waals surface area contributed by atoms with Crippen LogP contribution in [-0.4, -0.2) is 14.6 Å². The van der Waals surface area contributed by atoms with Gasteiger partial charge in [0.1, 0.15) is 0 Å². The Morgan fingerprint density at radius 1 is 1.04 bits per heavy atom. The van der Waals surface area contributed by atoms with Gasteiger partial charge in [-0.05, 0) is 30.7 Å². The van der Waals surface area contributed by atoms with Crippen molar-refractivity contribution in [2.45, 2.75) is 6.92 Å². The molecular formula is C18H11Cl2N3OS. The molecule has 4 rings (SSSR count). The fraction of sp³-hybridized carbons (Fsp3) is 0.0556. The Hall–Kier alpha value is -2.21. The predicted molar refractivity (Wildman–Crippen MR) is 103 cm³/mol. The van der Waals surface area contributed by atoms with E-state index in [0.29, 0.717) is 25.4 Å². The third-order valence-corrected chi connectivity index (χ3v) is 5.50. The highest BCUT2D eigenvalue weighted by Gasteiger charge is 2.14. The molecule has 2 aromatic heterocycles. The number of thiazole rings is 1. The number of hydrogen-bond donors (Lipinski definition) is 0. The minimum atomic E-state index is -0.147. The smallest absolute Gasteiger partial charge is 0.267 e. The van der Waals surface area contributed by atoms with Crippen molar-refractivity contribution < 1.29 is 0 Å². The van der Waals surface area contributed by atoms with Crippen LogP contribution < -0.4 is 10.1 Å². The quantitative estimate of drug-likeness (QED) is 0.522. The molecule has 0 bridgehead atoms. The number of fused-ring (bicyclic) bond motifs is 1. The molecule has 0 atom stereocenters. The summed E-state index contributed by atoms with van der Waals surface area (Å²) in [5.41, 5.74) is 2.66. The maximum absolute atomic E-state index is 12.8. The maximum atomic E-state index is 12.8. The average molecular weight is 388 g/mol. The van der Waals surface area contributed by atoms with Gasteiger partial charge in [-0.1, -0.05) is 70.4 Å². The first-order valence-electron chi connectivity index (χ1n) is 7.45. The van der Waals surface area contributed by atoms with Crippen LogP contribution in [0.5, 0.6) is 0 Å². The van der Waals surface area contributed by atoms with Gasteiger partial charge in [-0.25, -0.2) is 4.40 Å². The highest BCUT2D eigenvalue weighted by atomic mass is 35.5. The van der Waals surface area contributed by atoms with E-state index in [1.807, 2.05) is 37.3 Å². The zero-order chi connectivity index (χ0) is 17.6. The summed E-state index contributed by atoms with van der Waals surface area (Å²) in [6.07, 6.45) is 1.78. The summed E-state index contributed by atoms with van der Waals surface area (Å²) in [6, 6.07) is 13.1. The van der Waals surface area contributed by atoms with E-state index >= 15 is 0 Å². The highest BCUT2D eigenvalue weighted by molar-refractivity contribution is 7.15. The Morgan fingerprint density at radius 3 is 2.52 bits per heavy atom. The second-order valence-electron chi connectivity index (χ2n) is 5.60. The molecule has 0 radical (unpaired) electrons. The number of nitrogens with zero attached hydrogens (tertiary/aromatic N) is 3. The molecule has 0 saturated carbocycles. The first-order valence-corrected chi connectivity index (χ1v) is 9.02. The Kier molecular flexibility index (Phi) is 4.07. The van der Waals surface area contributed by atoms with Gasteiger partial charge < -0.3 is 0 Å². The van der Waals surface area contributed by atoms with Crippen LogP contribution in [0.25, 0.3) is 22.4 Å². The molecule has 0 N–H and O–H groups in total. The molecule has 124 valence electrons. The van der Waals surface area contributed by atoms with E-state index in [4.69, 9.17) is 23.2 Å². The topological polar surface area (TPSA) is 47.3 Å². The molecule has 0 fully saturated rings. The molecule has 2 heterocycles. The molecule has 2 aromatic carbocycles. The standard InChI is InChI=1S/C18H11Cl2N3OS/c1-10-2-5-12(6-3-10)16-21-22-18-23(16)17(24)15(25-18)9-11-4-7-13(19)14(20)8-11/h2-9H,1H3. The second kappa shape index (κ2) is 6.26.